The number of rotatable bonds is 8. The van der Waals surface area contributed by atoms with Crippen molar-refractivity contribution in [2.75, 3.05) is 20.8 Å². The molecule has 0 saturated carbocycles. The van der Waals surface area contributed by atoms with Crippen molar-refractivity contribution in [2.24, 2.45) is 5.73 Å². The van der Waals surface area contributed by atoms with Crippen molar-refractivity contribution in [2.45, 2.75) is 32.2 Å². The van der Waals surface area contributed by atoms with Crippen molar-refractivity contribution < 1.29 is 14.3 Å². The molecule has 0 aliphatic carbocycles. The van der Waals surface area contributed by atoms with Gasteiger partial charge in [-0.05, 0) is 37.6 Å². The van der Waals surface area contributed by atoms with Crippen LogP contribution in [-0.2, 0) is 11.2 Å². The average Bonchev–Trinajstić information content (AvgIpc) is 2.37. The Kier molecular flexibility index (Phi) is 5.82. The molecule has 5 heteroatoms. The lowest BCUT2D eigenvalue weighted by Crippen LogP contribution is -2.47. The molecule has 1 amide bonds. The molecule has 20 heavy (non-hydrogen) atoms. The number of carbonyl (C=O) groups excluding carboxylic acids is 1. The van der Waals surface area contributed by atoms with Gasteiger partial charge >= 0.3 is 0 Å². The highest BCUT2D eigenvalue weighted by atomic mass is 16.5. The molecule has 1 aromatic rings. The Hall–Kier alpha value is -1.75. The van der Waals surface area contributed by atoms with Gasteiger partial charge in [-0.2, -0.15) is 0 Å². The molecule has 0 aliphatic heterocycles. The number of hydrogen-bond donors (Lipinski definition) is 2. The summed E-state index contributed by atoms with van der Waals surface area (Å²) in [5, 5.41) is 3.33. The molecule has 0 fully saturated rings. The largest absolute Gasteiger partial charge is 0.493 e. The number of primary amides is 1. The second-order valence-electron chi connectivity index (χ2n) is 5.10. The molecule has 5 nitrogen and oxygen atoms in total. The van der Waals surface area contributed by atoms with Crippen molar-refractivity contribution in [3.8, 4) is 11.5 Å². The monoisotopic (exact) mass is 280 g/mol. The zero-order chi connectivity index (χ0) is 15.2. The van der Waals surface area contributed by atoms with Gasteiger partial charge in [0, 0.05) is 12.0 Å². The first-order valence-electron chi connectivity index (χ1n) is 6.68. The van der Waals surface area contributed by atoms with Crippen LogP contribution in [-0.4, -0.2) is 32.2 Å². The van der Waals surface area contributed by atoms with Crippen molar-refractivity contribution in [1.29, 1.82) is 0 Å². The zero-order valence-electron chi connectivity index (χ0n) is 12.7. The van der Waals surface area contributed by atoms with E-state index in [9.17, 15) is 4.79 Å². The van der Waals surface area contributed by atoms with Gasteiger partial charge in [-0.15, -0.1) is 0 Å². The molecule has 0 aromatic heterocycles. The number of methoxy groups -OCH3 is 2. The fraction of sp³-hybridized carbons (Fsp3) is 0.533. The molecule has 3 N–H and O–H groups in total. The summed E-state index contributed by atoms with van der Waals surface area (Å²) in [6.07, 6.45) is 0.972. The number of nitrogens with one attached hydrogen (secondary N) is 1. The smallest absolute Gasteiger partial charge is 0.219 e. The number of hydrogen-bond acceptors (Lipinski definition) is 4. The molecule has 1 aromatic carbocycles. The third-order valence-corrected chi connectivity index (χ3v) is 3.21. The van der Waals surface area contributed by atoms with Crippen LogP contribution in [0.2, 0.25) is 0 Å². The number of ether oxygens (including phenoxy) is 2. The molecule has 0 spiro atoms. The molecule has 0 saturated heterocycles. The highest BCUT2D eigenvalue weighted by Crippen LogP contribution is 2.29. The second kappa shape index (κ2) is 7.14. The normalized spacial score (nSPS) is 13.6. The fourth-order valence-corrected chi connectivity index (χ4v) is 2.44. The van der Waals surface area contributed by atoms with Crippen LogP contribution in [0.15, 0.2) is 18.2 Å². The molecule has 0 bridgehead atoms. The number of carbonyl (C=O) groups is 1. The summed E-state index contributed by atoms with van der Waals surface area (Å²) in [5.41, 5.74) is 6.04. The summed E-state index contributed by atoms with van der Waals surface area (Å²) in [6, 6.07) is 5.76. The topological polar surface area (TPSA) is 73.6 Å². The Morgan fingerprint density at radius 1 is 1.30 bits per heavy atom. The second-order valence-corrected chi connectivity index (χ2v) is 5.10. The van der Waals surface area contributed by atoms with E-state index in [1.54, 1.807) is 14.2 Å². The standard InChI is InChI=1S/C15H24N2O3/c1-5-17-15(2,10-14(16)18)9-11-6-7-12(19-3)13(8-11)20-4/h6-8,17H,5,9-10H2,1-4H3,(H2,16,18). The zero-order valence-corrected chi connectivity index (χ0v) is 12.7. The van der Waals surface area contributed by atoms with Crippen molar-refractivity contribution in [3.05, 3.63) is 23.8 Å². The average molecular weight is 280 g/mol. The van der Waals surface area contributed by atoms with E-state index in [4.69, 9.17) is 15.2 Å². The summed E-state index contributed by atoms with van der Waals surface area (Å²) >= 11 is 0. The molecular formula is C15H24N2O3. The van der Waals surface area contributed by atoms with E-state index < -0.39 is 0 Å². The summed E-state index contributed by atoms with van der Waals surface area (Å²) in [7, 11) is 3.21. The van der Waals surface area contributed by atoms with E-state index in [0.717, 1.165) is 12.1 Å². The minimum Gasteiger partial charge on any atom is -0.493 e. The maximum absolute atomic E-state index is 11.2. The van der Waals surface area contributed by atoms with Crippen molar-refractivity contribution in [3.63, 3.8) is 0 Å². The first-order valence-corrected chi connectivity index (χ1v) is 6.68. The minimum atomic E-state index is -0.361. The van der Waals surface area contributed by atoms with Crippen molar-refractivity contribution in [1.82, 2.24) is 5.32 Å². The number of nitrogens with two attached hydrogens (primary N) is 1. The van der Waals surface area contributed by atoms with Gasteiger partial charge in [0.15, 0.2) is 11.5 Å². The molecule has 1 rings (SSSR count). The molecular weight excluding hydrogens is 256 g/mol. The quantitative estimate of drug-likeness (QED) is 0.756. The lowest BCUT2D eigenvalue weighted by molar-refractivity contribution is -0.119. The van der Waals surface area contributed by atoms with E-state index in [1.807, 2.05) is 32.0 Å². The summed E-state index contributed by atoms with van der Waals surface area (Å²) < 4.78 is 10.5. The van der Waals surface area contributed by atoms with Gasteiger partial charge in [0.25, 0.3) is 0 Å². The molecule has 0 heterocycles. The van der Waals surface area contributed by atoms with Crippen molar-refractivity contribution >= 4 is 5.91 Å². The van der Waals surface area contributed by atoms with E-state index in [1.165, 1.54) is 0 Å². The van der Waals surface area contributed by atoms with Gasteiger partial charge in [0.05, 0.1) is 14.2 Å². The Labute approximate surface area is 120 Å². The van der Waals surface area contributed by atoms with Crippen LogP contribution in [0.1, 0.15) is 25.8 Å². The Balaban J connectivity index is 2.96. The first-order chi connectivity index (χ1) is 9.44. The van der Waals surface area contributed by atoms with Crippen LogP contribution in [0.3, 0.4) is 0 Å². The van der Waals surface area contributed by atoms with Crippen LogP contribution in [0.5, 0.6) is 11.5 Å². The fourth-order valence-electron chi connectivity index (χ4n) is 2.44. The highest BCUT2D eigenvalue weighted by molar-refractivity contribution is 5.75. The molecule has 1 atom stereocenters. The SMILES string of the molecule is CCNC(C)(CC(N)=O)Cc1ccc(OC)c(OC)c1. The molecule has 112 valence electrons. The van der Waals surface area contributed by atoms with E-state index >= 15 is 0 Å². The van der Waals surface area contributed by atoms with E-state index in [-0.39, 0.29) is 17.9 Å². The lowest BCUT2D eigenvalue weighted by atomic mass is 9.89. The lowest BCUT2D eigenvalue weighted by Gasteiger charge is -2.29. The summed E-state index contributed by atoms with van der Waals surface area (Å²) in [6.45, 7) is 4.78. The van der Waals surface area contributed by atoms with Crippen LogP contribution < -0.4 is 20.5 Å². The summed E-state index contributed by atoms with van der Waals surface area (Å²) in [5.74, 6) is 1.06. The molecule has 0 radical (unpaired) electrons. The van der Waals surface area contributed by atoms with Gasteiger partial charge < -0.3 is 20.5 Å². The maximum atomic E-state index is 11.2. The Morgan fingerprint density at radius 2 is 1.95 bits per heavy atom. The predicted molar refractivity (Wildman–Crippen MR) is 79.1 cm³/mol. The van der Waals surface area contributed by atoms with E-state index in [2.05, 4.69) is 5.32 Å². The van der Waals surface area contributed by atoms with Gasteiger partial charge in [-0.3, -0.25) is 4.79 Å². The molecule has 1 unspecified atom stereocenters. The highest BCUT2D eigenvalue weighted by Gasteiger charge is 2.26. The van der Waals surface area contributed by atoms with E-state index in [0.29, 0.717) is 17.9 Å². The summed E-state index contributed by atoms with van der Waals surface area (Å²) in [4.78, 5) is 11.2. The third-order valence-electron chi connectivity index (χ3n) is 3.21. The van der Waals surface area contributed by atoms with Gasteiger partial charge in [-0.1, -0.05) is 13.0 Å². The van der Waals surface area contributed by atoms with Crippen LogP contribution in [0, 0.1) is 0 Å². The van der Waals surface area contributed by atoms with Gasteiger partial charge in [0.1, 0.15) is 0 Å². The molecule has 0 aliphatic rings. The van der Waals surface area contributed by atoms with Gasteiger partial charge in [0.2, 0.25) is 5.91 Å². The van der Waals surface area contributed by atoms with Crippen LogP contribution in [0.4, 0.5) is 0 Å². The number of likely N-dealkylation sites (N-methyl/N-ethyl adjacent to an activating group) is 1. The van der Waals surface area contributed by atoms with Gasteiger partial charge in [-0.25, -0.2) is 0 Å². The Bertz CT molecular complexity index is 462. The predicted octanol–water partition coefficient (Wildman–Crippen LogP) is 1.49. The third kappa shape index (κ3) is 4.42. The van der Waals surface area contributed by atoms with Crippen LogP contribution in [0.25, 0.3) is 0 Å². The number of amides is 1. The maximum Gasteiger partial charge on any atom is 0.219 e. The Morgan fingerprint density at radius 3 is 2.45 bits per heavy atom. The van der Waals surface area contributed by atoms with Crippen LogP contribution >= 0.6 is 0 Å². The number of benzene rings is 1. The minimum absolute atomic E-state index is 0.287. The first kappa shape index (κ1) is 16.3.